The summed E-state index contributed by atoms with van der Waals surface area (Å²) in [5.41, 5.74) is 8.47. The minimum Gasteiger partial charge on any atom is -0.481 e. The summed E-state index contributed by atoms with van der Waals surface area (Å²) >= 11 is 0. The molecule has 3 aromatic rings. The minimum absolute atomic E-state index is 0.0836. The van der Waals surface area contributed by atoms with E-state index in [9.17, 15) is 9.59 Å². The van der Waals surface area contributed by atoms with Gasteiger partial charge in [-0.15, -0.1) is 0 Å². The van der Waals surface area contributed by atoms with E-state index in [0.717, 1.165) is 27.7 Å². The number of pyridine rings is 1. The first-order valence-corrected chi connectivity index (χ1v) is 9.07. The van der Waals surface area contributed by atoms with Crippen molar-refractivity contribution in [3.05, 3.63) is 60.3 Å². The molecule has 3 N–H and O–H groups in total. The molecule has 1 aliphatic heterocycles. The van der Waals surface area contributed by atoms with Gasteiger partial charge in [0.25, 0.3) is 0 Å². The number of anilines is 3. The summed E-state index contributed by atoms with van der Waals surface area (Å²) in [5.74, 6) is -0.344. The maximum atomic E-state index is 12.9. The van der Waals surface area contributed by atoms with Gasteiger partial charge in [-0.2, -0.15) is 0 Å². The lowest BCUT2D eigenvalue weighted by Gasteiger charge is -2.19. The number of carbonyl (C=O) groups is 2. The summed E-state index contributed by atoms with van der Waals surface area (Å²) in [7, 11) is 0. The Morgan fingerprint density at radius 2 is 1.71 bits per heavy atom. The Balaban J connectivity index is 1.53. The number of nitrogens with two attached hydrogens (primary N) is 1. The molecule has 0 spiro atoms. The first-order chi connectivity index (χ1) is 13.5. The number of fused-ring (bicyclic) bond motifs is 1. The van der Waals surface area contributed by atoms with Crippen molar-refractivity contribution in [2.24, 2.45) is 0 Å². The number of hydrogen-bond acceptors (Lipinski definition) is 4. The van der Waals surface area contributed by atoms with Gasteiger partial charge < -0.3 is 10.8 Å². The van der Waals surface area contributed by atoms with E-state index in [2.05, 4.69) is 4.98 Å². The van der Waals surface area contributed by atoms with Crippen LogP contribution in [0.5, 0.6) is 0 Å². The lowest BCUT2D eigenvalue weighted by atomic mass is 10.1. The molecule has 0 bridgehead atoms. The SMILES string of the molecule is Nc1nccc2cc(N3CCN(c4ccc(CCC(=O)O)cc4)C3=O)ccc12. The topological polar surface area (TPSA) is 99.8 Å². The fourth-order valence-electron chi connectivity index (χ4n) is 3.47. The van der Waals surface area contributed by atoms with Crippen LogP contribution in [-0.4, -0.2) is 35.2 Å². The summed E-state index contributed by atoms with van der Waals surface area (Å²) in [6, 6.07) is 15.0. The van der Waals surface area contributed by atoms with Crippen LogP contribution >= 0.6 is 0 Å². The molecule has 4 rings (SSSR count). The second-order valence-corrected chi connectivity index (χ2v) is 6.75. The average molecular weight is 376 g/mol. The van der Waals surface area contributed by atoms with Gasteiger partial charge in [0.15, 0.2) is 0 Å². The highest BCUT2D eigenvalue weighted by Crippen LogP contribution is 2.29. The van der Waals surface area contributed by atoms with Crippen LogP contribution in [0, 0.1) is 0 Å². The van der Waals surface area contributed by atoms with Crippen LogP contribution in [0.3, 0.4) is 0 Å². The number of carboxylic acids is 1. The van der Waals surface area contributed by atoms with Crippen molar-refractivity contribution in [2.45, 2.75) is 12.8 Å². The first-order valence-electron chi connectivity index (χ1n) is 9.07. The first kappa shape index (κ1) is 17.8. The molecule has 142 valence electrons. The van der Waals surface area contributed by atoms with E-state index in [1.54, 1.807) is 16.0 Å². The highest BCUT2D eigenvalue weighted by molar-refractivity contribution is 6.07. The van der Waals surface area contributed by atoms with Crippen LogP contribution in [0.15, 0.2) is 54.7 Å². The van der Waals surface area contributed by atoms with Gasteiger partial charge in [0, 0.05) is 42.5 Å². The zero-order valence-electron chi connectivity index (χ0n) is 15.2. The van der Waals surface area contributed by atoms with Gasteiger partial charge in [-0.05, 0) is 53.8 Å². The molecule has 0 radical (unpaired) electrons. The molecule has 2 amide bonds. The van der Waals surface area contributed by atoms with E-state index >= 15 is 0 Å². The number of aliphatic carboxylic acids is 1. The summed E-state index contributed by atoms with van der Waals surface area (Å²) in [6.07, 6.45) is 2.23. The second kappa shape index (κ2) is 7.19. The lowest BCUT2D eigenvalue weighted by molar-refractivity contribution is -0.136. The molecule has 1 aromatic heterocycles. The Morgan fingerprint density at radius 1 is 1.04 bits per heavy atom. The van der Waals surface area contributed by atoms with Crippen molar-refractivity contribution in [1.29, 1.82) is 0 Å². The fraction of sp³-hybridized carbons (Fsp3) is 0.190. The Kier molecular flexibility index (Phi) is 4.57. The summed E-state index contributed by atoms with van der Waals surface area (Å²) in [4.78, 5) is 31.2. The van der Waals surface area contributed by atoms with Crippen molar-refractivity contribution in [3.8, 4) is 0 Å². The van der Waals surface area contributed by atoms with E-state index in [1.165, 1.54) is 0 Å². The summed E-state index contributed by atoms with van der Waals surface area (Å²) in [5, 5.41) is 10.6. The minimum atomic E-state index is -0.817. The molecule has 0 atom stereocenters. The summed E-state index contributed by atoms with van der Waals surface area (Å²) < 4.78 is 0. The molecular formula is C21H20N4O3. The highest BCUT2D eigenvalue weighted by atomic mass is 16.4. The number of carboxylic acid groups (broad SMARTS) is 1. The summed E-state index contributed by atoms with van der Waals surface area (Å²) in [6.45, 7) is 1.18. The number of carbonyl (C=O) groups excluding carboxylic acids is 1. The maximum Gasteiger partial charge on any atom is 0.329 e. The Hall–Kier alpha value is -3.61. The van der Waals surface area contributed by atoms with Gasteiger partial charge >= 0.3 is 12.0 Å². The molecule has 1 fully saturated rings. The van der Waals surface area contributed by atoms with E-state index in [1.807, 2.05) is 48.5 Å². The predicted octanol–water partition coefficient (Wildman–Crippen LogP) is 3.28. The number of aromatic nitrogens is 1. The largest absolute Gasteiger partial charge is 0.481 e. The number of nitrogen functional groups attached to an aromatic ring is 1. The van der Waals surface area contributed by atoms with Crippen LogP contribution < -0.4 is 15.5 Å². The van der Waals surface area contributed by atoms with Gasteiger partial charge in [0.2, 0.25) is 0 Å². The molecular weight excluding hydrogens is 356 g/mol. The molecule has 1 aliphatic rings. The molecule has 0 aliphatic carbocycles. The Bertz CT molecular complexity index is 1050. The predicted molar refractivity (Wildman–Crippen MR) is 109 cm³/mol. The molecule has 28 heavy (non-hydrogen) atoms. The third-order valence-electron chi connectivity index (χ3n) is 4.98. The van der Waals surface area contributed by atoms with Gasteiger partial charge in [-0.3, -0.25) is 14.6 Å². The van der Waals surface area contributed by atoms with Crippen LogP contribution in [-0.2, 0) is 11.2 Å². The Labute approximate surface area is 162 Å². The number of aryl methyl sites for hydroxylation is 1. The second-order valence-electron chi connectivity index (χ2n) is 6.75. The van der Waals surface area contributed by atoms with E-state index in [0.29, 0.717) is 25.3 Å². The number of benzene rings is 2. The van der Waals surface area contributed by atoms with Gasteiger partial charge in [0.1, 0.15) is 5.82 Å². The molecule has 2 heterocycles. The van der Waals surface area contributed by atoms with Crippen molar-refractivity contribution in [1.82, 2.24) is 4.98 Å². The molecule has 1 saturated heterocycles. The molecule has 7 nitrogen and oxygen atoms in total. The lowest BCUT2D eigenvalue weighted by Crippen LogP contribution is -2.31. The van der Waals surface area contributed by atoms with E-state index in [-0.39, 0.29) is 12.5 Å². The third-order valence-corrected chi connectivity index (χ3v) is 4.98. The number of amides is 2. The zero-order chi connectivity index (χ0) is 19.7. The standard InChI is InChI=1S/C21H20N4O3/c22-20-18-7-6-17(13-15(18)9-10-23-20)25-12-11-24(21(25)28)16-4-1-14(2-5-16)3-8-19(26)27/h1-2,4-7,9-10,13H,3,8,11-12H2,(H2,22,23)(H,26,27). The van der Waals surface area contributed by atoms with Crippen LogP contribution in [0.4, 0.5) is 22.0 Å². The number of nitrogens with zero attached hydrogens (tertiary/aromatic N) is 3. The number of rotatable bonds is 5. The van der Waals surface area contributed by atoms with Crippen molar-refractivity contribution in [3.63, 3.8) is 0 Å². The highest BCUT2D eigenvalue weighted by Gasteiger charge is 2.30. The van der Waals surface area contributed by atoms with Crippen molar-refractivity contribution >= 4 is 40.0 Å². The van der Waals surface area contributed by atoms with E-state index < -0.39 is 5.97 Å². The van der Waals surface area contributed by atoms with Crippen LogP contribution in [0.1, 0.15) is 12.0 Å². The van der Waals surface area contributed by atoms with Gasteiger partial charge in [-0.25, -0.2) is 9.78 Å². The van der Waals surface area contributed by atoms with Crippen LogP contribution in [0.25, 0.3) is 10.8 Å². The number of urea groups is 1. The normalized spacial score (nSPS) is 14.1. The monoisotopic (exact) mass is 376 g/mol. The molecule has 0 unspecified atom stereocenters. The smallest absolute Gasteiger partial charge is 0.329 e. The van der Waals surface area contributed by atoms with Gasteiger partial charge in [0.05, 0.1) is 0 Å². The quantitative estimate of drug-likeness (QED) is 0.712. The van der Waals surface area contributed by atoms with Crippen molar-refractivity contribution in [2.75, 3.05) is 28.6 Å². The fourth-order valence-corrected chi connectivity index (χ4v) is 3.47. The third kappa shape index (κ3) is 3.34. The van der Waals surface area contributed by atoms with Crippen LogP contribution in [0.2, 0.25) is 0 Å². The number of hydrogen-bond donors (Lipinski definition) is 2. The molecule has 0 saturated carbocycles. The molecule has 7 heteroatoms. The maximum absolute atomic E-state index is 12.9. The van der Waals surface area contributed by atoms with E-state index in [4.69, 9.17) is 10.8 Å². The average Bonchev–Trinajstić information content (AvgIpc) is 3.08. The molecule has 2 aromatic carbocycles. The van der Waals surface area contributed by atoms with Crippen molar-refractivity contribution < 1.29 is 14.7 Å². The Morgan fingerprint density at radius 3 is 2.43 bits per heavy atom. The zero-order valence-corrected chi connectivity index (χ0v) is 15.2. The van der Waals surface area contributed by atoms with Gasteiger partial charge in [-0.1, -0.05) is 12.1 Å².